The van der Waals surface area contributed by atoms with Gasteiger partial charge in [0.05, 0.1) is 0 Å². The van der Waals surface area contributed by atoms with E-state index in [0.29, 0.717) is 12.3 Å². The van der Waals surface area contributed by atoms with E-state index in [9.17, 15) is 23.7 Å². The lowest BCUT2D eigenvalue weighted by molar-refractivity contribution is -0.391. The van der Waals surface area contributed by atoms with Gasteiger partial charge in [0.25, 0.3) is 6.43 Å². The first-order valence-corrected chi connectivity index (χ1v) is 3.59. The zero-order chi connectivity index (χ0) is 11.6. The smallest absolute Gasteiger partial charge is 0.372 e. The molecule has 80 valence electrons. The Kier molecular flexibility index (Phi) is 2.88. The normalized spacial score (nSPS) is 10.3. The minimum absolute atomic E-state index is 0.518. The summed E-state index contributed by atoms with van der Waals surface area (Å²) in [6, 6.07) is 0.540. The number of hydrogen-bond acceptors (Lipinski definition) is 4. The van der Waals surface area contributed by atoms with Crippen LogP contribution in [0.1, 0.15) is 22.3 Å². The van der Waals surface area contributed by atoms with Crippen molar-refractivity contribution < 1.29 is 23.6 Å². The van der Waals surface area contributed by atoms with Gasteiger partial charge in [-0.05, 0) is 16.0 Å². The number of hydrogen-bond donors (Lipinski definition) is 1. The Morgan fingerprint density at radius 1 is 1.60 bits per heavy atom. The molecule has 0 amide bonds. The lowest BCUT2D eigenvalue weighted by Gasteiger charge is -2.01. The quantitative estimate of drug-likeness (QED) is 0.614. The number of alkyl halides is 2. The molecule has 8 heteroatoms. The van der Waals surface area contributed by atoms with Crippen molar-refractivity contribution in [1.29, 1.82) is 0 Å². The highest BCUT2D eigenvalue weighted by molar-refractivity contribution is 5.87. The van der Waals surface area contributed by atoms with Gasteiger partial charge in [0.15, 0.2) is 6.20 Å². The summed E-state index contributed by atoms with van der Waals surface area (Å²) in [4.78, 5) is 22.6. The second-order valence-electron chi connectivity index (χ2n) is 2.50. The van der Waals surface area contributed by atoms with Gasteiger partial charge in [-0.2, -0.15) is 0 Å². The van der Waals surface area contributed by atoms with Crippen LogP contribution < -0.4 is 0 Å². The minimum Gasteiger partial charge on any atom is -0.478 e. The van der Waals surface area contributed by atoms with Crippen LogP contribution in [-0.2, 0) is 0 Å². The molecule has 0 fully saturated rings. The topological polar surface area (TPSA) is 93.3 Å². The summed E-state index contributed by atoms with van der Waals surface area (Å²) in [6.45, 7) is 0. The van der Waals surface area contributed by atoms with Crippen molar-refractivity contribution in [3.05, 3.63) is 33.5 Å². The van der Waals surface area contributed by atoms with E-state index in [0.717, 1.165) is 0 Å². The number of aromatic nitrogens is 1. The number of carboxylic acid groups (broad SMARTS) is 1. The Morgan fingerprint density at radius 3 is 2.60 bits per heavy atom. The second-order valence-corrected chi connectivity index (χ2v) is 2.50. The maximum absolute atomic E-state index is 12.3. The summed E-state index contributed by atoms with van der Waals surface area (Å²) in [5.41, 5.74) is -1.52. The third-order valence-electron chi connectivity index (χ3n) is 1.55. The molecule has 6 nitrogen and oxygen atoms in total. The van der Waals surface area contributed by atoms with Gasteiger partial charge in [0.2, 0.25) is 0 Å². The lowest BCUT2D eigenvalue weighted by Crippen LogP contribution is -2.04. The van der Waals surface area contributed by atoms with Gasteiger partial charge in [0.1, 0.15) is 11.1 Å². The molecule has 0 aromatic carbocycles. The van der Waals surface area contributed by atoms with Gasteiger partial charge in [-0.1, -0.05) is 0 Å². The Labute approximate surface area is 81.3 Å². The van der Waals surface area contributed by atoms with E-state index in [4.69, 9.17) is 5.11 Å². The van der Waals surface area contributed by atoms with Crippen molar-refractivity contribution in [3.63, 3.8) is 0 Å². The van der Waals surface area contributed by atoms with Crippen molar-refractivity contribution in [2.75, 3.05) is 0 Å². The molecule has 0 radical (unpaired) electrons. The molecule has 0 unspecified atom stereocenters. The van der Waals surface area contributed by atoms with Crippen molar-refractivity contribution >= 4 is 11.8 Å². The SMILES string of the molecule is O=C(O)c1cnc([N+](=O)[O-])c(C(F)F)c1. The largest absolute Gasteiger partial charge is 0.478 e. The molecule has 15 heavy (non-hydrogen) atoms. The number of carboxylic acids is 1. The van der Waals surface area contributed by atoms with Crippen LogP contribution in [0.5, 0.6) is 0 Å². The third kappa shape index (κ3) is 2.22. The summed E-state index contributed by atoms with van der Waals surface area (Å²) in [5.74, 6) is -2.51. The molecule has 0 atom stereocenters. The zero-order valence-electron chi connectivity index (χ0n) is 7.05. The predicted molar refractivity (Wildman–Crippen MR) is 42.8 cm³/mol. The first-order chi connectivity index (χ1) is 6.93. The number of rotatable bonds is 3. The van der Waals surface area contributed by atoms with Crippen LogP contribution in [0.15, 0.2) is 12.3 Å². The molecular formula is C7H4F2N2O4. The molecule has 0 aliphatic heterocycles. The Hall–Kier alpha value is -2.12. The summed E-state index contributed by atoms with van der Waals surface area (Å²) < 4.78 is 24.6. The van der Waals surface area contributed by atoms with Gasteiger partial charge < -0.3 is 15.2 Å². The predicted octanol–water partition coefficient (Wildman–Crippen LogP) is 1.63. The molecule has 0 spiro atoms. The molecule has 0 aliphatic rings. The van der Waals surface area contributed by atoms with Crippen LogP contribution in [0.2, 0.25) is 0 Å². The number of nitro groups is 1. The molecule has 0 saturated heterocycles. The van der Waals surface area contributed by atoms with E-state index >= 15 is 0 Å². The van der Waals surface area contributed by atoms with E-state index in [1.807, 2.05) is 0 Å². The number of nitrogens with zero attached hydrogens (tertiary/aromatic N) is 2. The zero-order valence-corrected chi connectivity index (χ0v) is 7.05. The molecule has 0 bridgehead atoms. The van der Waals surface area contributed by atoms with E-state index in [1.54, 1.807) is 0 Å². The highest BCUT2D eigenvalue weighted by Gasteiger charge is 2.25. The summed E-state index contributed by atoms with van der Waals surface area (Å²) in [5, 5.41) is 18.7. The third-order valence-corrected chi connectivity index (χ3v) is 1.55. The van der Waals surface area contributed by atoms with Crippen LogP contribution in [-0.4, -0.2) is 21.0 Å². The maximum atomic E-state index is 12.3. The minimum atomic E-state index is -3.14. The van der Waals surface area contributed by atoms with Crippen LogP contribution in [0.3, 0.4) is 0 Å². The molecule has 0 aliphatic carbocycles. The molecule has 1 N–H and O–H groups in total. The number of halogens is 2. The van der Waals surface area contributed by atoms with Crippen molar-refractivity contribution in [3.8, 4) is 0 Å². The van der Waals surface area contributed by atoms with Crippen molar-refractivity contribution in [1.82, 2.24) is 4.98 Å². The summed E-state index contributed by atoms with van der Waals surface area (Å²) in [6.07, 6.45) is -2.48. The average Bonchev–Trinajstić information content (AvgIpc) is 2.16. The van der Waals surface area contributed by atoms with Gasteiger partial charge in [-0.3, -0.25) is 0 Å². The molecule has 0 saturated carbocycles. The fraction of sp³-hybridized carbons (Fsp3) is 0.143. The Balaban J connectivity index is 3.33. The van der Waals surface area contributed by atoms with Gasteiger partial charge >= 0.3 is 11.8 Å². The number of carbonyl (C=O) groups is 1. The fourth-order valence-electron chi connectivity index (χ4n) is 0.905. The lowest BCUT2D eigenvalue weighted by atomic mass is 10.2. The Morgan fingerprint density at radius 2 is 2.20 bits per heavy atom. The fourth-order valence-corrected chi connectivity index (χ4v) is 0.905. The standard InChI is InChI=1S/C7H4F2N2O4/c8-5(9)4-1-3(7(12)13)2-10-6(4)11(14)15/h1-2,5H,(H,12,13). The van der Waals surface area contributed by atoms with Crippen LogP contribution in [0.4, 0.5) is 14.6 Å². The highest BCUT2D eigenvalue weighted by Crippen LogP contribution is 2.27. The van der Waals surface area contributed by atoms with E-state index < -0.39 is 34.3 Å². The second kappa shape index (κ2) is 3.95. The number of aromatic carboxylic acids is 1. The van der Waals surface area contributed by atoms with Crippen molar-refractivity contribution in [2.45, 2.75) is 6.43 Å². The molecule has 1 heterocycles. The first-order valence-electron chi connectivity index (χ1n) is 3.59. The van der Waals surface area contributed by atoms with Gasteiger partial charge in [0, 0.05) is 0 Å². The monoisotopic (exact) mass is 218 g/mol. The van der Waals surface area contributed by atoms with Crippen LogP contribution in [0.25, 0.3) is 0 Å². The molecule has 1 aromatic heterocycles. The highest BCUT2D eigenvalue weighted by atomic mass is 19.3. The van der Waals surface area contributed by atoms with Gasteiger partial charge in [-0.15, -0.1) is 0 Å². The van der Waals surface area contributed by atoms with E-state index in [2.05, 4.69) is 4.98 Å². The molecular weight excluding hydrogens is 214 g/mol. The Bertz CT molecular complexity index is 421. The molecule has 1 rings (SSSR count). The summed E-state index contributed by atoms with van der Waals surface area (Å²) >= 11 is 0. The summed E-state index contributed by atoms with van der Waals surface area (Å²) in [7, 11) is 0. The van der Waals surface area contributed by atoms with E-state index in [1.165, 1.54) is 0 Å². The van der Waals surface area contributed by atoms with E-state index in [-0.39, 0.29) is 0 Å². The van der Waals surface area contributed by atoms with Crippen molar-refractivity contribution in [2.24, 2.45) is 0 Å². The molecule has 1 aromatic rings. The van der Waals surface area contributed by atoms with Crippen LogP contribution in [0, 0.1) is 10.1 Å². The maximum Gasteiger partial charge on any atom is 0.372 e. The number of pyridine rings is 1. The van der Waals surface area contributed by atoms with Crippen LogP contribution >= 0.6 is 0 Å². The van der Waals surface area contributed by atoms with Gasteiger partial charge in [-0.25, -0.2) is 13.6 Å². The average molecular weight is 218 g/mol. The first kappa shape index (κ1) is 11.0.